The molecule has 0 radical (unpaired) electrons. The first-order valence-electron chi connectivity index (χ1n) is 8.29. The average molecular weight is 357 g/mol. The Labute approximate surface area is 152 Å². The van der Waals surface area contributed by atoms with Crippen molar-refractivity contribution in [1.82, 2.24) is 0 Å². The zero-order chi connectivity index (χ0) is 18.8. The lowest BCUT2D eigenvalue weighted by Crippen LogP contribution is -2.12. The van der Waals surface area contributed by atoms with E-state index in [0.717, 1.165) is 16.7 Å². The smallest absolute Gasteiger partial charge is 0.161 e. The van der Waals surface area contributed by atoms with Crippen molar-refractivity contribution in [1.29, 1.82) is 0 Å². The first-order chi connectivity index (χ1) is 12.6. The summed E-state index contributed by atoms with van der Waals surface area (Å²) in [5.41, 5.74) is 3.55. The highest BCUT2D eigenvalue weighted by atomic mass is 16.5. The van der Waals surface area contributed by atoms with Gasteiger partial charge in [-0.15, -0.1) is 0 Å². The summed E-state index contributed by atoms with van der Waals surface area (Å²) in [7, 11) is 6.42. The number of methoxy groups -OCH3 is 4. The van der Waals surface area contributed by atoms with E-state index in [0.29, 0.717) is 28.7 Å². The molecule has 2 unspecified atom stereocenters. The van der Waals surface area contributed by atoms with Crippen LogP contribution in [0.1, 0.15) is 29.5 Å². The Morgan fingerprint density at radius 3 is 1.96 bits per heavy atom. The fourth-order valence-electron chi connectivity index (χ4n) is 3.71. The van der Waals surface area contributed by atoms with Crippen molar-refractivity contribution in [3.8, 4) is 23.0 Å². The molecule has 2 aromatic rings. The largest absolute Gasteiger partial charge is 0.493 e. The maximum atomic E-state index is 9.59. The van der Waals surface area contributed by atoms with Crippen LogP contribution in [0.2, 0.25) is 0 Å². The molecule has 0 saturated carbocycles. The molecule has 0 aromatic heterocycles. The maximum absolute atomic E-state index is 9.59. The van der Waals surface area contributed by atoms with Crippen LogP contribution in [0.25, 0.3) is 0 Å². The molecule has 0 aliphatic heterocycles. The molecule has 0 heterocycles. The van der Waals surface area contributed by atoms with Gasteiger partial charge < -0.3 is 24.2 Å². The van der Waals surface area contributed by atoms with Crippen LogP contribution in [0, 0.1) is 5.92 Å². The minimum absolute atomic E-state index is 0.00416. The molecule has 3 rings (SSSR count). The van der Waals surface area contributed by atoms with E-state index in [1.165, 1.54) is 0 Å². The van der Waals surface area contributed by atoms with E-state index in [1.54, 1.807) is 28.4 Å². The van der Waals surface area contributed by atoms with E-state index in [2.05, 4.69) is 5.16 Å². The van der Waals surface area contributed by atoms with Crippen LogP contribution in [0.3, 0.4) is 0 Å². The normalized spacial score (nSPS) is 20.0. The summed E-state index contributed by atoms with van der Waals surface area (Å²) in [6.45, 7) is 2.04. The molecule has 26 heavy (non-hydrogen) atoms. The van der Waals surface area contributed by atoms with E-state index < -0.39 is 0 Å². The van der Waals surface area contributed by atoms with Gasteiger partial charge in [-0.2, -0.15) is 0 Å². The summed E-state index contributed by atoms with van der Waals surface area (Å²) < 4.78 is 21.6. The second kappa shape index (κ2) is 7.15. The zero-order valence-corrected chi connectivity index (χ0v) is 15.6. The quantitative estimate of drug-likeness (QED) is 0.653. The van der Waals surface area contributed by atoms with E-state index in [1.807, 2.05) is 37.3 Å². The van der Waals surface area contributed by atoms with Crippen molar-refractivity contribution in [3.63, 3.8) is 0 Å². The molecule has 1 aliphatic carbocycles. The molecule has 6 heteroatoms. The van der Waals surface area contributed by atoms with Crippen LogP contribution >= 0.6 is 0 Å². The second-order valence-electron chi connectivity index (χ2n) is 6.16. The summed E-state index contributed by atoms with van der Waals surface area (Å²) in [6, 6.07) is 9.66. The van der Waals surface area contributed by atoms with Crippen molar-refractivity contribution in [2.24, 2.45) is 11.1 Å². The van der Waals surface area contributed by atoms with Crippen LogP contribution < -0.4 is 18.9 Å². The van der Waals surface area contributed by atoms with Gasteiger partial charge in [-0.25, -0.2) is 0 Å². The SMILES string of the molecule is COc1ccc(C2c3cc(OC)c(OC)cc3/C(=N\O)C2C)cc1OC. The lowest BCUT2D eigenvalue weighted by molar-refractivity contribution is 0.316. The molecule has 0 saturated heterocycles. The van der Waals surface area contributed by atoms with Crippen molar-refractivity contribution < 1.29 is 24.2 Å². The van der Waals surface area contributed by atoms with Crippen LogP contribution in [-0.2, 0) is 0 Å². The van der Waals surface area contributed by atoms with Gasteiger partial charge in [0.1, 0.15) is 0 Å². The van der Waals surface area contributed by atoms with Crippen molar-refractivity contribution in [2.75, 3.05) is 28.4 Å². The molecule has 138 valence electrons. The van der Waals surface area contributed by atoms with Crippen LogP contribution in [0.5, 0.6) is 23.0 Å². The fraction of sp³-hybridized carbons (Fsp3) is 0.350. The Kier molecular flexibility index (Phi) is 4.93. The third-order valence-corrected chi connectivity index (χ3v) is 4.97. The number of fused-ring (bicyclic) bond motifs is 1. The van der Waals surface area contributed by atoms with Crippen LogP contribution in [-0.4, -0.2) is 39.4 Å². The highest BCUT2D eigenvalue weighted by molar-refractivity contribution is 6.07. The monoisotopic (exact) mass is 357 g/mol. The molecule has 2 atom stereocenters. The van der Waals surface area contributed by atoms with Crippen molar-refractivity contribution in [3.05, 3.63) is 47.0 Å². The number of nitrogens with zero attached hydrogens (tertiary/aromatic N) is 1. The van der Waals surface area contributed by atoms with Gasteiger partial charge in [0, 0.05) is 17.4 Å². The van der Waals surface area contributed by atoms with Crippen molar-refractivity contribution >= 4 is 5.71 Å². The first kappa shape index (κ1) is 17.9. The Bertz CT molecular complexity index is 846. The summed E-state index contributed by atoms with van der Waals surface area (Å²) in [4.78, 5) is 0. The van der Waals surface area contributed by atoms with E-state index in [-0.39, 0.29) is 11.8 Å². The summed E-state index contributed by atoms with van der Waals surface area (Å²) in [6.07, 6.45) is 0. The van der Waals surface area contributed by atoms with E-state index in [9.17, 15) is 5.21 Å². The second-order valence-corrected chi connectivity index (χ2v) is 6.16. The molecule has 0 bridgehead atoms. The molecule has 0 amide bonds. The predicted octanol–water partition coefficient (Wildman–Crippen LogP) is 3.68. The van der Waals surface area contributed by atoms with Crippen molar-refractivity contribution in [2.45, 2.75) is 12.8 Å². The number of hydrogen-bond donors (Lipinski definition) is 1. The van der Waals surface area contributed by atoms with Gasteiger partial charge in [0.15, 0.2) is 23.0 Å². The minimum atomic E-state index is -0.0232. The summed E-state index contributed by atoms with van der Waals surface area (Å²) in [5.74, 6) is 2.55. The van der Waals surface area contributed by atoms with Gasteiger partial charge >= 0.3 is 0 Å². The molecule has 0 fully saturated rings. The van der Waals surface area contributed by atoms with Crippen LogP contribution in [0.15, 0.2) is 35.5 Å². The third-order valence-electron chi connectivity index (χ3n) is 4.97. The number of hydrogen-bond acceptors (Lipinski definition) is 6. The molecule has 0 spiro atoms. The van der Waals surface area contributed by atoms with E-state index in [4.69, 9.17) is 18.9 Å². The van der Waals surface area contributed by atoms with Gasteiger partial charge in [-0.05, 0) is 35.4 Å². The summed E-state index contributed by atoms with van der Waals surface area (Å²) >= 11 is 0. The van der Waals surface area contributed by atoms with Gasteiger partial charge in [0.05, 0.1) is 34.2 Å². The highest BCUT2D eigenvalue weighted by Gasteiger charge is 2.38. The lowest BCUT2D eigenvalue weighted by atomic mass is 9.86. The third kappa shape index (κ3) is 2.71. The highest BCUT2D eigenvalue weighted by Crippen LogP contribution is 2.47. The average Bonchev–Trinajstić information content (AvgIpc) is 2.96. The number of rotatable bonds is 5. The Morgan fingerprint density at radius 2 is 1.38 bits per heavy atom. The minimum Gasteiger partial charge on any atom is -0.493 e. The standard InChI is InChI=1S/C20H23NO5/c1-11-19(12-6-7-15(23-2)16(8-12)24-3)13-9-17(25-4)18(26-5)10-14(13)20(11)21-22/h6-11,19,22H,1-5H3/b21-20-. The predicted molar refractivity (Wildman–Crippen MR) is 98.4 cm³/mol. The molecule has 1 aliphatic rings. The Balaban J connectivity index is 2.19. The van der Waals surface area contributed by atoms with Gasteiger partial charge in [0.2, 0.25) is 0 Å². The van der Waals surface area contributed by atoms with Gasteiger partial charge in [-0.1, -0.05) is 18.1 Å². The molecule has 1 N–H and O–H groups in total. The molecular formula is C20H23NO5. The number of ether oxygens (including phenoxy) is 4. The zero-order valence-electron chi connectivity index (χ0n) is 15.6. The Morgan fingerprint density at radius 1 is 0.808 bits per heavy atom. The Hall–Kier alpha value is -2.89. The maximum Gasteiger partial charge on any atom is 0.161 e. The lowest BCUT2D eigenvalue weighted by Gasteiger charge is -2.19. The first-order valence-corrected chi connectivity index (χ1v) is 8.29. The molecule has 6 nitrogen and oxygen atoms in total. The van der Waals surface area contributed by atoms with Gasteiger partial charge in [0.25, 0.3) is 0 Å². The number of benzene rings is 2. The summed E-state index contributed by atoms with van der Waals surface area (Å²) in [5, 5.41) is 13.1. The topological polar surface area (TPSA) is 69.5 Å². The fourth-order valence-corrected chi connectivity index (χ4v) is 3.71. The molecular weight excluding hydrogens is 334 g/mol. The van der Waals surface area contributed by atoms with Gasteiger partial charge in [-0.3, -0.25) is 0 Å². The van der Waals surface area contributed by atoms with Crippen LogP contribution in [0.4, 0.5) is 0 Å². The molecule has 2 aromatic carbocycles. The van der Waals surface area contributed by atoms with E-state index >= 15 is 0 Å². The number of oxime groups is 1.